The van der Waals surface area contributed by atoms with E-state index in [1.165, 1.54) is 43.4 Å². The molecule has 0 spiro atoms. The minimum atomic E-state index is -3.82. The molecule has 1 N–H and O–H groups in total. The lowest BCUT2D eigenvalue weighted by atomic mass is 10.3. The summed E-state index contributed by atoms with van der Waals surface area (Å²) in [6.45, 7) is 1.06. The molecule has 196 valence electrons. The van der Waals surface area contributed by atoms with Gasteiger partial charge in [-0.2, -0.15) is 0 Å². The lowest BCUT2D eigenvalue weighted by Gasteiger charge is -2.20. The molecule has 3 aromatic carbocycles. The summed E-state index contributed by atoms with van der Waals surface area (Å²) in [6, 6.07) is 14.6. The van der Waals surface area contributed by atoms with Crippen LogP contribution in [0, 0.1) is 11.6 Å². The highest BCUT2D eigenvalue weighted by Gasteiger charge is 2.21. The van der Waals surface area contributed by atoms with Crippen molar-refractivity contribution in [2.75, 3.05) is 36.5 Å². The van der Waals surface area contributed by atoms with Crippen molar-refractivity contribution >= 4 is 33.3 Å². The molecule has 12 heteroatoms. The molecule has 9 nitrogen and oxygen atoms in total. The van der Waals surface area contributed by atoms with Gasteiger partial charge in [0.05, 0.1) is 22.9 Å². The largest absolute Gasteiger partial charge is 0.494 e. The summed E-state index contributed by atoms with van der Waals surface area (Å²) in [7, 11) is -2.42. The third-order valence-electron chi connectivity index (χ3n) is 4.92. The van der Waals surface area contributed by atoms with E-state index in [2.05, 4.69) is 5.32 Å². The molecule has 0 radical (unpaired) electrons. The molecule has 3 rings (SSSR count). The van der Waals surface area contributed by atoms with Crippen molar-refractivity contribution in [3.05, 3.63) is 78.4 Å². The maximum absolute atomic E-state index is 13.6. The molecule has 0 unspecified atom stereocenters. The predicted octanol–water partition coefficient (Wildman–Crippen LogP) is 3.75. The third kappa shape index (κ3) is 7.40. The topological polar surface area (TPSA) is 111 Å². The van der Waals surface area contributed by atoms with Gasteiger partial charge < -0.3 is 19.5 Å². The molecule has 0 aliphatic heterocycles. The zero-order valence-corrected chi connectivity index (χ0v) is 20.8. The Morgan fingerprint density at radius 2 is 1.51 bits per heavy atom. The average molecular weight is 535 g/mol. The van der Waals surface area contributed by atoms with Crippen LogP contribution in [0.1, 0.15) is 6.92 Å². The molecule has 0 aromatic heterocycles. The number of sulfonamides is 1. The van der Waals surface area contributed by atoms with Crippen LogP contribution in [0.4, 0.5) is 20.2 Å². The van der Waals surface area contributed by atoms with Crippen molar-refractivity contribution in [3.63, 3.8) is 0 Å². The first-order valence-electron chi connectivity index (χ1n) is 11.0. The SMILES string of the molecule is CCOc1ccc(S(=O)(=O)N(C)c2ccc(OCC(=O)OCC(=O)Nc3ccc(F)cc3F)cc2)cc1. The van der Waals surface area contributed by atoms with Gasteiger partial charge in [0, 0.05) is 13.1 Å². The van der Waals surface area contributed by atoms with Gasteiger partial charge in [0.15, 0.2) is 13.2 Å². The number of amides is 1. The lowest BCUT2D eigenvalue weighted by molar-refractivity contribution is -0.149. The highest BCUT2D eigenvalue weighted by Crippen LogP contribution is 2.25. The summed E-state index contributed by atoms with van der Waals surface area (Å²) in [5.41, 5.74) is 0.0989. The Hall–Kier alpha value is -4.19. The number of hydrogen-bond donors (Lipinski definition) is 1. The summed E-state index contributed by atoms with van der Waals surface area (Å²) < 4.78 is 68.8. The maximum atomic E-state index is 13.6. The van der Waals surface area contributed by atoms with E-state index in [0.717, 1.165) is 16.4 Å². The third-order valence-corrected chi connectivity index (χ3v) is 6.72. The van der Waals surface area contributed by atoms with Crippen LogP contribution in [0.25, 0.3) is 0 Å². The molecule has 0 saturated heterocycles. The first-order valence-corrected chi connectivity index (χ1v) is 12.4. The Labute approximate surface area is 212 Å². The number of nitrogens with zero attached hydrogens (tertiary/aromatic N) is 1. The van der Waals surface area contributed by atoms with Crippen molar-refractivity contribution in [2.24, 2.45) is 0 Å². The van der Waals surface area contributed by atoms with Gasteiger partial charge in [0.25, 0.3) is 15.9 Å². The zero-order valence-electron chi connectivity index (χ0n) is 19.9. The van der Waals surface area contributed by atoms with Crippen molar-refractivity contribution in [1.29, 1.82) is 0 Å². The quantitative estimate of drug-likeness (QED) is 0.373. The standard InChI is InChI=1S/C25H24F2N2O7S/c1-3-34-19-9-11-21(12-10-19)37(32,33)29(2)18-5-7-20(8-6-18)35-16-25(31)36-15-24(30)28-23-13-4-17(26)14-22(23)27/h4-14H,3,15-16H2,1-2H3,(H,28,30). The fourth-order valence-electron chi connectivity index (χ4n) is 3.03. The van der Waals surface area contributed by atoms with E-state index < -0.39 is 46.7 Å². The normalized spacial score (nSPS) is 10.9. The molecule has 0 aliphatic rings. The first kappa shape index (κ1) is 27.4. The number of ether oxygens (including phenoxy) is 3. The van der Waals surface area contributed by atoms with Crippen molar-refractivity contribution in [2.45, 2.75) is 11.8 Å². The predicted molar refractivity (Wildman–Crippen MR) is 131 cm³/mol. The van der Waals surface area contributed by atoms with Crippen LogP contribution in [0.15, 0.2) is 71.6 Å². The molecule has 0 aliphatic carbocycles. The summed E-state index contributed by atoms with van der Waals surface area (Å²) in [6.07, 6.45) is 0. The highest BCUT2D eigenvalue weighted by molar-refractivity contribution is 7.92. The smallest absolute Gasteiger partial charge is 0.344 e. The van der Waals surface area contributed by atoms with Crippen LogP contribution < -0.4 is 19.1 Å². The van der Waals surface area contributed by atoms with Crippen LogP contribution >= 0.6 is 0 Å². The number of rotatable bonds is 11. The minimum Gasteiger partial charge on any atom is -0.494 e. The Bertz CT molecular complexity index is 1350. The Balaban J connectivity index is 1.49. The van der Waals surface area contributed by atoms with Gasteiger partial charge in [-0.3, -0.25) is 9.10 Å². The summed E-state index contributed by atoms with van der Waals surface area (Å²) in [4.78, 5) is 23.8. The monoisotopic (exact) mass is 534 g/mol. The number of esters is 1. The molecular weight excluding hydrogens is 510 g/mol. The average Bonchev–Trinajstić information content (AvgIpc) is 2.88. The van der Waals surface area contributed by atoms with Gasteiger partial charge in [-0.15, -0.1) is 0 Å². The molecule has 0 saturated carbocycles. The van der Waals surface area contributed by atoms with Crippen molar-refractivity contribution < 1.29 is 41.0 Å². The van der Waals surface area contributed by atoms with Gasteiger partial charge >= 0.3 is 5.97 Å². The molecule has 1 amide bonds. The second kappa shape index (κ2) is 12.2. The fraction of sp³-hybridized carbons (Fsp3) is 0.200. The molecule has 0 bridgehead atoms. The van der Waals surface area contributed by atoms with E-state index in [1.54, 1.807) is 12.1 Å². The van der Waals surface area contributed by atoms with Gasteiger partial charge in [-0.25, -0.2) is 22.0 Å². The number of halogens is 2. The second-order valence-corrected chi connectivity index (χ2v) is 9.46. The highest BCUT2D eigenvalue weighted by atomic mass is 32.2. The van der Waals surface area contributed by atoms with Crippen LogP contribution in [0.2, 0.25) is 0 Å². The number of carbonyl (C=O) groups is 2. The maximum Gasteiger partial charge on any atom is 0.344 e. The molecule has 0 heterocycles. The lowest BCUT2D eigenvalue weighted by Crippen LogP contribution is -2.26. The minimum absolute atomic E-state index is 0.0905. The molecule has 3 aromatic rings. The molecule has 37 heavy (non-hydrogen) atoms. The van der Waals surface area contributed by atoms with Crippen LogP contribution in [0.5, 0.6) is 11.5 Å². The van der Waals surface area contributed by atoms with Crippen molar-refractivity contribution in [1.82, 2.24) is 0 Å². The zero-order chi connectivity index (χ0) is 27.0. The van der Waals surface area contributed by atoms with Crippen LogP contribution in [-0.2, 0) is 24.3 Å². The Morgan fingerprint density at radius 1 is 0.892 bits per heavy atom. The van der Waals surface area contributed by atoms with Crippen molar-refractivity contribution in [3.8, 4) is 11.5 Å². The number of nitrogens with one attached hydrogen (secondary N) is 1. The van der Waals surface area contributed by atoms with E-state index >= 15 is 0 Å². The summed E-state index contributed by atoms with van der Waals surface area (Å²) in [5, 5.41) is 2.16. The van der Waals surface area contributed by atoms with E-state index in [-0.39, 0.29) is 16.3 Å². The number of hydrogen-bond acceptors (Lipinski definition) is 7. The first-order chi connectivity index (χ1) is 17.6. The van der Waals surface area contributed by atoms with E-state index in [9.17, 15) is 26.8 Å². The molecular formula is C25H24F2N2O7S. The van der Waals surface area contributed by atoms with Gasteiger partial charge in [-0.05, 0) is 67.6 Å². The molecule has 0 atom stereocenters. The van der Waals surface area contributed by atoms with E-state index in [4.69, 9.17) is 14.2 Å². The van der Waals surface area contributed by atoms with Crippen LogP contribution in [-0.4, -0.2) is 47.2 Å². The van der Waals surface area contributed by atoms with Gasteiger partial charge in [0.1, 0.15) is 23.1 Å². The fourth-order valence-corrected chi connectivity index (χ4v) is 4.23. The Morgan fingerprint density at radius 3 is 2.14 bits per heavy atom. The van der Waals surface area contributed by atoms with Gasteiger partial charge in [-0.1, -0.05) is 0 Å². The molecule has 0 fully saturated rings. The van der Waals surface area contributed by atoms with Gasteiger partial charge in [0.2, 0.25) is 0 Å². The van der Waals surface area contributed by atoms with E-state index in [0.29, 0.717) is 24.1 Å². The van der Waals surface area contributed by atoms with E-state index in [1.807, 2.05) is 6.92 Å². The second-order valence-electron chi connectivity index (χ2n) is 7.49. The Kier molecular flexibility index (Phi) is 9.01. The summed E-state index contributed by atoms with van der Waals surface area (Å²) in [5.74, 6) is -2.64. The summed E-state index contributed by atoms with van der Waals surface area (Å²) >= 11 is 0. The number of carbonyl (C=O) groups excluding carboxylic acids is 2. The number of anilines is 2. The number of benzene rings is 3. The van der Waals surface area contributed by atoms with Crippen LogP contribution in [0.3, 0.4) is 0 Å².